The number of carbonyl (C=O) groups excluding carboxylic acids is 1. The molecule has 1 N–H and O–H groups in total. The second-order valence-electron chi connectivity index (χ2n) is 3.83. The summed E-state index contributed by atoms with van der Waals surface area (Å²) in [6.45, 7) is 2.24. The van der Waals surface area contributed by atoms with Crippen molar-refractivity contribution in [3.05, 3.63) is 23.8 Å². The van der Waals surface area contributed by atoms with Crippen LogP contribution in [0.25, 0.3) is 0 Å². The molecule has 4 nitrogen and oxygen atoms in total. The Balaban J connectivity index is 2.75. The molecule has 0 unspecified atom stereocenters. The van der Waals surface area contributed by atoms with E-state index in [1.807, 2.05) is 37.2 Å². The van der Waals surface area contributed by atoms with Gasteiger partial charge in [0.05, 0.1) is 7.11 Å². The smallest absolute Gasteiger partial charge is 0.325 e. The first kappa shape index (κ1) is 12.4. The maximum atomic E-state index is 11.0. The molecule has 0 saturated heterocycles. The van der Waals surface area contributed by atoms with Gasteiger partial charge in [0.1, 0.15) is 6.54 Å². The fourth-order valence-corrected chi connectivity index (χ4v) is 1.45. The van der Waals surface area contributed by atoms with Gasteiger partial charge in [-0.05, 0) is 24.6 Å². The number of methoxy groups -OCH3 is 1. The average molecular weight is 222 g/mol. The topological polar surface area (TPSA) is 41.6 Å². The SMILES string of the molecule is COC(=O)CNc1ccc(C)c(N(C)C)c1. The molecule has 0 aromatic heterocycles. The summed E-state index contributed by atoms with van der Waals surface area (Å²) < 4.78 is 4.56. The van der Waals surface area contributed by atoms with E-state index < -0.39 is 0 Å². The minimum Gasteiger partial charge on any atom is -0.468 e. The van der Waals surface area contributed by atoms with Crippen LogP contribution in [0.5, 0.6) is 0 Å². The van der Waals surface area contributed by atoms with Gasteiger partial charge in [-0.3, -0.25) is 4.79 Å². The fourth-order valence-electron chi connectivity index (χ4n) is 1.45. The van der Waals surface area contributed by atoms with Crippen molar-refractivity contribution in [3.63, 3.8) is 0 Å². The molecule has 0 saturated carbocycles. The number of ether oxygens (including phenoxy) is 1. The zero-order valence-corrected chi connectivity index (χ0v) is 10.2. The van der Waals surface area contributed by atoms with E-state index in [0.717, 1.165) is 11.4 Å². The number of hydrogen-bond donors (Lipinski definition) is 1. The van der Waals surface area contributed by atoms with Crippen molar-refractivity contribution in [1.29, 1.82) is 0 Å². The molecule has 1 aromatic rings. The van der Waals surface area contributed by atoms with Crippen molar-refractivity contribution in [3.8, 4) is 0 Å². The van der Waals surface area contributed by atoms with E-state index in [9.17, 15) is 4.79 Å². The van der Waals surface area contributed by atoms with E-state index in [4.69, 9.17) is 0 Å². The number of hydrogen-bond acceptors (Lipinski definition) is 4. The van der Waals surface area contributed by atoms with E-state index in [1.165, 1.54) is 12.7 Å². The van der Waals surface area contributed by atoms with Crippen molar-refractivity contribution in [1.82, 2.24) is 0 Å². The molecular weight excluding hydrogens is 204 g/mol. The summed E-state index contributed by atoms with van der Waals surface area (Å²) >= 11 is 0. The molecule has 0 atom stereocenters. The van der Waals surface area contributed by atoms with Crippen LogP contribution >= 0.6 is 0 Å². The molecule has 0 bridgehead atoms. The van der Waals surface area contributed by atoms with Crippen LogP contribution in [-0.4, -0.2) is 33.7 Å². The summed E-state index contributed by atoms with van der Waals surface area (Å²) in [6.07, 6.45) is 0. The lowest BCUT2D eigenvalue weighted by atomic mass is 10.1. The molecule has 88 valence electrons. The van der Waals surface area contributed by atoms with Gasteiger partial charge in [0.25, 0.3) is 0 Å². The standard InChI is InChI=1S/C12H18N2O2/c1-9-5-6-10(7-11(9)14(2)3)13-8-12(15)16-4/h5-7,13H,8H2,1-4H3. The summed E-state index contributed by atoms with van der Waals surface area (Å²) in [7, 11) is 5.36. The number of rotatable bonds is 4. The van der Waals surface area contributed by atoms with Crippen LogP contribution in [0, 0.1) is 6.92 Å². The highest BCUT2D eigenvalue weighted by Crippen LogP contribution is 2.22. The van der Waals surface area contributed by atoms with E-state index in [1.54, 1.807) is 0 Å². The molecule has 0 radical (unpaired) electrons. The molecule has 0 aliphatic carbocycles. The van der Waals surface area contributed by atoms with Gasteiger partial charge >= 0.3 is 5.97 Å². The molecule has 0 aliphatic rings. The van der Waals surface area contributed by atoms with Gasteiger partial charge in [-0.15, -0.1) is 0 Å². The summed E-state index contributed by atoms with van der Waals surface area (Å²) in [6, 6.07) is 5.98. The van der Waals surface area contributed by atoms with Crippen LogP contribution in [0.15, 0.2) is 18.2 Å². The molecular formula is C12H18N2O2. The maximum Gasteiger partial charge on any atom is 0.325 e. The first-order valence-corrected chi connectivity index (χ1v) is 5.13. The Morgan fingerprint density at radius 3 is 2.69 bits per heavy atom. The monoisotopic (exact) mass is 222 g/mol. The third kappa shape index (κ3) is 3.15. The number of esters is 1. The minimum absolute atomic E-state index is 0.187. The number of nitrogens with one attached hydrogen (secondary N) is 1. The largest absolute Gasteiger partial charge is 0.468 e. The highest BCUT2D eigenvalue weighted by atomic mass is 16.5. The predicted molar refractivity (Wildman–Crippen MR) is 66.0 cm³/mol. The third-order valence-electron chi connectivity index (χ3n) is 2.36. The minimum atomic E-state index is -0.271. The lowest BCUT2D eigenvalue weighted by molar-refractivity contribution is -0.138. The quantitative estimate of drug-likeness (QED) is 0.786. The summed E-state index contributed by atoms with van der Waals surface area (Å²) in [5.74, 6) is -0.271. The van der Waals surface area contributed by atoms with Crippen LogP contribution in [0.3, 0.4) is 0 Å². The van der Waals surface area contributed by atoms with Crippen molar-refractivity contribution < 1.29 is 9.53 Å². The zero-order chi connectivity index (χ0) is 12.1. The second kappa shape index (κ2) is 5.39. The molecule has 0 fully saturated rings. The molecule has 0 heterocycles. The number of aryl methyl sites for hydroxylation is 1. The van der Waals surface area contributed by atoms with Gasteiger partial charge in [0.2, 0.25) is 0 Å². The summed E-state index contributed by atoms with van der Waals surface area (Å²) in [5.41, 5.74) is 3.25. The lowest BCUT2D eigenvalue weighted by Gasteiger charge is -2.17. The molecule has 16 heavy (non-hydrogen) atoms. The Hall–Kier alpha value is -1.71. The predicted octanol–water partition coefficient (Wildman–Crippen LogP) is 1.65. The van der Waals surface area contributed by atoms with Crippen LogP contribution < -0.4 is 10.2 Å². The van der Waals surface area contributed by atoms with Crippen molar-refractivity contribution in [2.75, 3.05) is 38.0 Å². The van der Waals surface area contributed by atoms with E-state index in [2.05, 4.69) is 17.0 Å². The van der Waals surface area contributed by atoms with Crippen LogP contribution in [0.1, 0.15) is 5.56 Å². The van der Waals surface area contributed by atoms with Gasteiger partial charge in [-0.1, -0.05) is 6.07 Å². The zero-order valence-electron chi connectivity index (χ0n) is 10.2. The highest BCUT2D eigenvalue weighted by Gasteiger charge is 2.04. The normalized spacial score (nSPS) is 9.75. The van der Waals surface area contributed by atoms with E-state index in [-0.39, 0.29) is 12.5 Å². The Morgan fingerprint density at radius 1 is 1.44 bits per heavy atom. The molecule has 1 rings (SSSR count). The first-order chi connectivity index (χ1) is 7.54. The second-order valence-corrected chi connectivity index (χ2v) is 3.83. The highest BCUT2D eigenvalue weighted by molar-refractivity contribution is 5.75. The van der Waals surface area contributed by atoms with Crippen molar-refractivity contribution in [2.45, 2.75) is 6.92 Å². The molecule has 4 heteroatoms. The average Bonchev–Trinajstić information content (AvgIpc) is 2.27. The Bertz CT molecular complexity index is 375. The van der Waals surface area contributed by atoms with E-state index >= 15 is 0 Å². The van der Waals surface area contributed by atoms with Gasteiger partial charge in [-0.25, -0.2) is 0 Å². The summed E-state index contributed by atoms with van der Waals surface area (Å²) in [5, 5.41) is 3.02. The van der Waals surface area contributed by atoms with Gasteiger partial charge in [0, 0.05) is 25.5 Å². The Morgan fingerprint density at radius 2 is 2.12 bits per heavy atom. The van der Waals surface area contributed by atoms with Crippen molar-refractivity contribution in [2.24, 2.45) is 0 Å². The molecule has 0 aliphatic heterocycles. The molecule has 0 amide bonds. The van der Waals surface area contributed by atoms with Crippen LogP contribution in [0.4, 0.5) is 11.4 Å². The first-order valence-electron chi connectivity index (χ1n) is 5.13. The Labute approximate surface area is 96.2 Å². The summed E-state index contributed by atoms with van der Waals surface area (Å²) in [4.78, 5) is 13.0. The van der Waals surface area contributed by atoms with Crippen LogP contribution in [-0.2, 0) is 9.53 Å². The maximum absolute atomic E-state index is 11.0. The van der Waals surface area contributed by atoms with Crippen molar-refractivity contribution >= 4 is 17.3 Å². The van der Waals surface area contributed by atoms with Crippen LogP contribution in [0.2, 0.25) is 0 Å². The Kier molecular flexibility index (Phi) is 4.17. The molecule has 1 aromatic carbocycles. The van der Waals surface area contributed by atoms with E-state index in [0.29, 0.717) is 0 Å². The van der Waals surface area contributed by atoms with Gasteiger partial charge in [-0.2, -0.15) is 0 Å². The number of benzene rings is 1. The number of anilines is 2. The van der Waals surface area contributed by atoms with Gasteiger partial charge < -0.3 is 15.0 Å². The van der Waals surface area contributed by atoms with Gasteiger partial charge in [0.15, 0.2) is 0 Å². The number of nitrogens with zero attached hydrogens (tertiary/aromatic N) is 1. The lowest BCUT2D eigenvalue weighted by Crippen LogP contribution is -2.16. The molecule has 0 spiro atoms. The fraction of sp³-hybridized carbons (Fsp3) is 0.417. The third-order valence-corrected chi connectivity index (χ3v) is 2.36. The number of carbonyl (C=O) groups is 1.